The van der Waals surface area contributed by atoms with Crippen LogP contribution in [-0.4, -0.2) is 5.16 Å². The minimum Gasteiger partial charge on any atom is -0.364 e. The number of aromatic nitrogens is 1. The Bertz CT molecular complexity index is 136. The maximum absolute atomic E-state index is 4.62. The summed E-state index contributed by atoms with van der Waals surface area (Å²) in [6.45, 7) is 10.1. The third kappa shape index (κ3) is 7.32. The summed E-state index contributed by atoms with van der Waals surface area (Å²) in [6, 6.07) is 0. The van der Waals surface area contributed by atoms with Gasteiger partial charge >= 0.3 is 0 Å². The van der Waals surface area contributed by atoms with E-state index in [0.717, 1.165) is 12.8 Å². The maximum atomic E-state index is 4.62. The lowest BCUT2D eigenvalue weighted by Gasteiger charge is -1.82. The van der Waals surface area contributed by atoms with Gasteiger partial charge in [0.1, 0.15) is 6.26 Å². The molecule has 0 aliphatic carbocycles. The predicted octanol–water partition coefficient (Wildman–Crippen LogP) is 3.68. The third-order valence-corrected chi connectivity index (χ3v) is 1.02. The molecule has 0 aromatic carbocycles. The zero-order chi connectivity index (χ0) is 9.82. The second-order valence-electron chi connectivity index (χ2n) is 1.78. The molecule has 2 heteroatoms. The van der Waals surface area contributed by atoms with Gasteiger partial charge in [-0.2, -0.15) is 0 Å². The largest absolute Gasteiger partial charge is 0.364 e. The molecule has 0 aliphatic heterocycles. The predicted molar refractivity (Wildman–Crippen MR) is 53.2 cm³/mol. The first kappa shape index (κ1) is 13.8. The second-order valence-corrected chi connectivity index (χ2v) is 1.78. The van der Waals surface area contributed by atoms with Gasteiger partial charge in [0.05, 0.1) is 6.20 Å². The summed E-state index contributed by atoms with van der Waals surface area (Å²) in [5, 5.41) is 3.57. The van der Waals surface area contributed by atoms with Crippen molar-refractivity contribution in [2.75, 3.05) is 0 Å². The first-order chi connectivity index (χ1) is 5.93. The fraction of sp³-hybridized carbons (Fsp3) is 0.700. The van der Waals surface area contributed by atoms with E-state index in [4.69, 9.17) is 0 Å². The molecule has 0 radical (unpaired) electrons. The lowest BCUT2D eigenvalue weighted by atomic mass is 10.2. The van der Waals surface area contributed by atoms with Gasteiger partial charge in [0.15, 0.2) is 0 Å². The highest BCUT2D eigenvalue weighted by Crippen LogP contribution is 1.98. The topological polar surface area (TPSA) is 26.0 Å². The lowest BCUT2D eigenvalue weighted by molar-refractivity contribution is 0.419. The van der Waals surface area contributed by atoms with Gasteiger partial charge in [0.2, 0.25) is 0 Å². The van der Waals surface area contributed by atoms with Crippen LogP contribution in [0.25, 0.3) is 0 Å². The van der Waals surface area contributed by atoms with Crippen LogP contribution >= 0.6 is 0 Å². The highest BCUT2D eigenvalue weighted by atomic mass is 16.5. The Labute approximate surface area is 76.0 Å². The smallest absolute Gasteiger partial charge is 0.126 e. The summed E-state index contributed by atoms with van der Waals surface area (Å²) in [6.07, 6.45) is 5.66. The molecule has 2 nitrogen and oxygen atoms in total. The minimum atomic E-state index is 1.07. The van der Waals surface area contributed by atoms with Crippen LogP contribution in [0.5, 0.6) is 0 Å². The average Bonchev–Trinajstić information content (AvgIpc) is 2.65. The fourth-order valence-electron chi connectivity index (χ4n) is 0.639. The number of hydrogen-bond acceptors (Lipinski definition) is 2. The minimum absolute atomic E-state index is 1.07. The van der Waals surface area contributed by atoms with Crippen LogP contribution in [0, 0.1) is 0 Å². The summed E-state index contributed by atoms with van der Waals surface area (Å²) < 4.78 is 4.62. The standard InChI is InChI=1S/C6H9NO.2C2H6/c1-2-3-6-4-7-8-5-6;2*1-2/h4-5H,2-3H2,1H3;2*1-2H3. The van der Waals surface area contributed by atoms with E-state index < -0.39 is 0 Å². The zero-order valence-electron chi connectivity index (χ0n) is 8.92. The van der Waals surface area contributed by atoms with Crippen molar-refractivity contribution in [3.63, 3.8) is 0 Å². The Morgan fingerprint density at radius 1 is 1.25 bits per heavy atom. The van der Waals surface area contributed by atoms with E-state index in [-0.39, 0.29) is 0 Å². The van der Waals surface area contributed by atoms with Crippen LogP contribution in [0.3, 0.4) is 0 Å². The first-order valence-electron chi connectivity index (χ1n) is 4.81. The molecule has 1 aromatic heterocycles. The Kier molecular flexibility index (Phi) is 14.8. The molecule has 0 saturated heterocycles. The second kappa shape index (κ2) is 12.8. The SMILES string of the molecule is CC.CC.CCCc1cnoc1. The summed E-state index contributed by atoms with van der Waals surface area (Å²) in [7, 11) is 0. The third-order valence-electron chi connectivity index (χ3n) is 1.02. The molecule has 0 amide bonds. The van der Waals surface area contributed by atoms with E-state index in [1.807, 2.05) is 27.7 Å². The number of nitrogens with zero attached hydrogens (tertiary/aromatic N) is 1. The Balaban J connectivity index is 0. The Hall–Kier alpha value is -0.790. The normalized spacial score (nSPS) is 7.42. The molecule has 0 saturated carbocycles. The maximum Gasteiger partial charge on any atom is 0.126 e. The molecule has 0 fully saturated rings. The van der Waals surface area contributed by atoms with E-state index >= 15 is 0 Å². The highest BCUT2D eigenvalue weighted by Gasteiger charge is 1.89. The van der Waals surface area contributed by atoms with Gasteiger partial charge in [-0.25, -0.2) is 0 Å². The van der Waals surface area contributed by atoms with Crippen molar-refractivity contribution in [3.05, 3.63) is 18.0 Å². The van der Waals surface area contributed by atoms with E-state index in [0.29, 0.717) is 0 Å². The molecular formula is C10H21NO. The number of aryl methyl sites for hydroxylation is 1. The van der Waals surface area contributed by atoms with Crippen molar-refractivity contribution in [2.45, 2.75) is 47.5 Å². The van der Waals surface area contributed by atoms with Gasteiger partial charge in [-0.1, -0.05) is 46.2 Å². The van der Waals surface area contributed by atoms with E-state index in [1.165, 1.54) is 5.56 Å². The van der Waals surface area contributed by atoms with Crippen LogP contribution < -0.4 is 0 Å². The van der Waals surface area contributed by atoms with Crippen LogP contribution in [0.15, 0.2) is 17.0 Å². The Morgan fingerprint density at radius 2 is 1.83 bits per heavy atom. The first-order valence-corrected chi connectivity index (χ1v) is 4.81. The summed E-state index contributed by atoms with van der Waals surface area (Å²) in [4.78, 5) is 0. The zero-order valence-corrected chi connectivity index (χ0v) is 8.92. The van der Waals surface area contributed by atoms with Crippen LogP contribution in [0.4, 0.5) is 0 Å². The van der Waals surface area contributed by atoms with Crippen molar-refractivity contribution >= 4 is 0 Å². The molecule has 1 heterocycles. The molecule has 12 heavy (non-hydrogen) atoms. The van der Waals surface area contributed by atoms with Gasteiger partial charge < -0.3 is 4.52 Å². The van der Waals surface area contributed by atoms with Gasteiger partial charge in [-0.15, -0.1) is 0 Å². The van der Waals surface area contributed by atoms with Crippen molar-refractivity contribution in [3.8, 4) is 0 Å². The quantitative estimate of drug-likeness (QED) is 0.678. The molecule has 1 rings (SSSR count). The van der Waals surface area contributed by atoms with Crippen LogP contribution in [-0.2, 0) is 6.42 Å². The molecule has 0 unspecified atom stereocenters. The van der Waals surface area contributed by atoms with Gasteiger partial charge in [-0.05, 0) is 6.42 Å². The summed E-state index contributed by atoms with van der Waals surface area (Å²) in [5.41, 5.74) is 1.19. The summed E-state index contributed by atoms with van der Waals surface area (Å²) >= 11 is 0. The number of rotatable bonds is 2. The van der Waals surface area contributed by atoms with Crippen LogP contribution in [0.2, 0.25) is 0 Å². The number of hydrogen-bond donors (Lipinski definition) is 0. The highest BCUT2D eigenvalue weighted by molar-refractivity contribution is 4.99. The Morgan fingerprint density at radius 3 is 2.17 bits per heavy atom. The van der Waals surface area contributed by atoms with E-state index in [9.17, 15) is 0 Å². The molecule has 0 aliphatic rings. The van der Waals surface area contributed by atoms with Crippen LogP contribution in [0.1, 0.15) is 46.6 Å². The van der Waals surface area contributed by atoms with Crippen molar-refractivity contribution in [1.29, 1.82) is 0 Å². The molecule has 0 atom stereocenters. The van der Waals surface area contributed by atoms with Gasteiger partial charge in [-0.3, -0.25) is 0 Å². The van der Waals surface area contributed by atoms with Crippen molar-refractivity contribution in [1.82, 2.24) is 5.16 Å². The molecule has 0 N–H and O–H groups in total. The average molecular weight is 171 g/mol. The molecule has 1 aromatic rings. The van der Waals surface area contributed by atoms with Gasteiger partial charge in [0.25, 0.3) is 0 Å². The molecule has 0 spiro atoms. The van der Waals surface area contributed by atoms with Gasteiger partial charge in [0, 0.05) is 5.56 Å². The molecule has 0 bridgehead atoms. The molecule has 72 valence electrons. The fourth-order valence-corrected chi connectivity index (χ4v) is 0.639. The monoisotopic (exact) mass is 171 g/mol. The van der Waals surface area contributed by atoms with Crippen molar-refractivity contribution < 1.29 is 4.52 Å². The molecular weight excluding hydrogens is 150 g/mol. The summed E-state index contributed by atoms with van der Waals surface area (Å²) in [5.74, 6) is 0. The van der Waals surface area contributed by atoms with E-state index in [1.54, 1.807) is 12.5 Å². The van der Waals surface area contributed by atoms with Crippen molar-refractivity contribution in [2.24, 2.45) is 0 Å². The lowest BCUT2D eigenvalue weighted by Crippen LogP contribution is -1.74. The van der Waals surface area contributed by atoms with E-state index in [2.05, 4.69) is 16.6 Å².